The van der Waals surface area contributed by atoms with E-state index in [4.69, 9.17) is 9.26 Å². The second-order valence-electron chi connectivity index (χ2n) is 4.85. The highest BCUT2D eigenvalue weighted by atomic mass is 16.5. The monoisotopic (exact) mass is 225 g/mol. The lowest BCUT2D eigenvalue weighted by Crippen LogP contribution is -2.38. The number of methoxy groups -OCH3 is 1. The first-order chi connectivity index (χ1) is 7.54. The molecule has 1 aromatic heterocycles. The predicted molar refractivity (Wildman–Crippen MR) is 58.9 cm³/mol. The van der Waals surface area contributed by atoms with Crippen molar-refractivity contribution in [2.24, 2.45) is 0 Å². The first-order valence-corrected chi connectivity index (χ1v) is 5.63. The fourth-order valence-corrected chi connectivity index (χ4v) is 1.79. The van der Waals surface area contributed by atoms with Gasteiger partial charge in [0.05, 0.1) is 5.54 Å². The smallest absolute Gasteiger partial charge is 0.246 e. The minimum Gasteiger partial charge on any atom is -0.370 e. The van der Waals surface area contributed by atoms with Gasteiger partial charge in [-0.05, 0) is 40.2 Å². The zero-order valence-corrected chi connectivity index (χ0v) is 10.3. The number of aromatic nitrogens is 2. The Balaban J connectivity index is 2.26. The molecule has 0 atom stereocenters. The van der Waals surface area contributed by atoms with Crippen molar-refractivity contribution in [2.45, 2.75) is 44.2 Å². The van der Waals surface area contributed by atoms with Crippen molar-refractivity contribution in [3.8, 4) is 0 Å². The third-order valence-electron chi connectivity index (χ3n) is 3.55. The van der Waals surface area contributed by atoms with Crippen molar-refractivity contribution in [1.29, 1.82) is 0 Å². The molecule has 0 saturated heterocycles. The standard InChI is InChI=1S/C11H19N3O2/c1-10(2,12-3)9-13-8(14-16-9)11(15-4)6-5-7-11/h12H,5-7H2,1-4H3. The summed E-state index contributed by atoms with van der Waals surface area (Å²) in [6, 6.07) is 0. The van der Waals surface area contributed by atoms with Gasteiger partial charge in [-0.25, -0.2) is 0 Å². The van der Waals surface area contributed by atoms with Gasteiger partial charge in [0.2, 0.25) is 11.7 Å². The van der Waals surface area contributed by atoms with Crippen molar-refractivity contribution >= 4 is 0 Å². The van der Waals surface area contributed by atoms with Crippen molar-refractivity contribution in [1.82, 2.24) is 15.5 Å². The Morgan fingerprint density at radius 2 is 2.12 bits per heavy atom. The van der Waals surface area contributed by atoms with Crippen LogP contribution in [-0.2, 0) is 15.9 Å². The van der Waals surface area contributed by atoms with Gasteiger partial charge < -0.3 is 14.6 Å². The molecule has 5 nitrogen and oxygen atoms in total. The summed E-state index contributed by atoms with van der Waals surface area (Å²) in [6.07, 6.45) is 3.11. The maximum Gasteiger partial charge on any atom is 0.246 e. The molecular weight excluding hydrogens is 206 g/mol. The van der Waals surface area contributed by atoms with Crippen molar-refractivity contribution < 1.29 is 9.26 Å². The van der Waals surface area contributed by atoms with E-state index in [0.717, 1.165) is 19.3 Å². The summed E-state index contributed by atoms with van der Waals surface area (Å²) in [4.78, 5) is 4.45. The Morgan fingerprint density at radius 3 is 2.56 bits per heavy atom. The van der Waals surface area contributed by atoms with E-state index < -0.39 is 0 Å². The molecule has 0 bridgehead atoms. The van der Waals surface area contributed by atoms with Crippen molar-refractivity contribution in [3.63, 3.8) is 0 Å². The van der Waals surface area contributed by atoms with Crippen molar-refractivity contribution in [3.05, 3.63) is 11.7 Å². The maximum absolute atomic E-state index is 5.51. The van der Waals surface area contributed by atoms with E-state index in [2.05, 4.69) is 15.5 Å². The molecule has 2 rings (SSSR count). The lowest BCUT2D eigenvalue weighted by Gasteiger charge is -2.37. The van der Waals surface area contributed by atoms with Crippen LogP contribution >= 0.6 is 0 Å². The third-order valence-corrected chi connectivity index (χ3v) is 3.55. The highest BCUT2D eigenvalue weighted by Gasteiger charge is 2.44. The molecule has 1 heterocycles. The van der Waals surface area contributed by atoms with Crippen molar-refractivity contribution in [2.75, 3.05) is 14.2 Å². The minimum atomic E-state index is -0.302. The summed E-state index contributed by atoms with van der Waals surface area (Å²) in [5, 5.41) is 7.18. The molecule has 16 heavy (non-hydrogen) atoms. The van der Waals surface area contributed by atoms with Crippen LogP contribution in [0.4, 0.5) is 0 Å². The number of ether oxygens (including phenoxy) is 1. The molecule has 1 aromatic rings. The van der Waals surface area contributed by atoms with Crippen LogP contribution < -0.4 is 5.32 Å². The maximum atomic E-state index is 5.51. The van der Waals surface area contributed by atoms with Crippen LogP contribution in [0, 0.1) is 0 Å². The quantitative estimate of drug-likeness (QED) is 0.842. The summed E-state index contributed by atoms with van der Waals surface area (Å²) in [5.74, 6) is 1.29. The molecule has 0 radical (unpaired) electrons. The first-order valence-electron chi connectivity index (χ1n) is 5.63. The molecule has 5 heteroatoms. The fraction of sp³-hybridized carbons (Fsp3) is 0.818. The topological polar surface area (TPSA) is 60.2 Å². The predicted octanol–water partition coefficient (Wildman–Crippen LogP) is 1.55. The van der Waals surface area contributed by atoms with Crippen LogP contribution in [0.5, 0.6) is 0 Å². The lowest BCUT2D eigenvalue weighted by atomic mass is 9.79. The van der Waals surface area contributed by atoms with Crippen LogP contribution in [0.1, 0.15) is 44.8 Å². The Hall–Kier alpha value is -0.940. The number of hydrogen-bond acceptors (Lipinski definition) is 5. The van der Waals surface area contributed by atoms with Gasteiger partial charge in [-0.3, -0.25) is 0 Å². The average molecular weight is 225 g/mol. The zero-order chi connectivity index (χ0) is 11.8. The van der Waals surface area contributed by atoms with E-state index in [0.29, 0.717) is 11.7 Å². The molecule has 1 N–H and O–H groups in total. The SMILES string of the molecule is CNC(C)(C)c1nc(C2(OC)CCC2)no1. The van der Waals surface area contributed by atoms with E-state index in [9.17, 15) is 0 Å². The van der Waals surface area contributed by atoms with E-state index in [1.807, 2.05) is 20.9 Å². The number of hydrogen-bond donors (Lipinski definition) is 1. The Kier molecular flexibility index (Phi) is 2.75. The third kappa shape index (κ3) is 1.64. The van der Waals surface area contributed by atoms with Gasteiger partial charge in [0.1, 0.15) is 5.60 Å². The normalized spacial score (nSPS) is 19.5. The summed E-state index contributed by atoms with van der Waals surface area (Å²) < 4.78 is 10.8. The summed E-state index contributed by atoms with van der Waals surface area (Å²) in [7, 11) is 3.58. The lowest BCUT2D eigenvalue weighted by molar-refractivity contribution is -0.0858. The molecule has 0 aromatic carbocycles. The van der Waals surface area contributed by atoms with Crippen LogP contribution in [0.15, 0.2) is 4.52 Å². The van der Waals surface area contributed by atoms with Crippen LogP contribution in [0.3, 0.4) is 0 Å². The molecule has 0 amide bonds. The largest absolute Gasteiger partial charge is 0.370 e. The summed E-state index contributed by atoms with van der Waals surface area (Å²) in [5.41, 5.74) is -0.602. The summed E-state index contributed by atoms with van der Waals surface area (Å²) in [6.45, 7) is 4.01. The van der Waals surface area contributed by atoms with Gasteiger partial charge in [-0.2, -0.15) is 4.98 Å². The van der Waals surface area contributed by atoms with E-state index in [1.165, 1.54) is 0 Å². The molecule has 1 aliphatic rings. The highest BCUT2D eigenvalue weighted by Crippen LogP contribution is 2.43. The van der Waals surface area contributed by atoms with Gasteiger partial charge in [0.15, 0.2) is 0 Å². The molecule has 1 fully saturated rings. The number of rotatable bonds is 4. The van der Waals surface area contributed by atoms with E-state index in [1.54, 1.807) is 7.11 Å². The zero-order valence-electron chi connectivity index (χ0n) is 10.3. The van der Waals surface area contributed by atoms with Gasteiger partial charge >= 0.3 is 0 Å². The molecule has 0 unspecified atom stereocenters. The molecule has 0 spiro atoms. The van der Waals surface area contributed by atoms with E-state index in [-0.39, 0.29) is 11.1 Å². The Morgan fingerprint density at radius 1 is 1.44 bits per heavy atom. The second kappa shape index (κ2) is 3.82. The van der Waals surface area contributed by atoms with Crippen LogP contribution in [-0.4, -0.2) is 24.3 Å². The van der Waals surface area contributed by atoms with Gasteiger partial charge in [-0.15, -0.1) is 0 Å². The fourth-order valence-electron chi connectivity index (χ4n) is 1.79. The average Bonchev–Trinajstić information content (AvgIpc) is 2.67. The summed E-state index contributed by atoms with van der Waals surface area (Å²) >= 11 is 0. The van der Waals surface area contributed by atoms with Crippen LogP contribution in [0.2, 0.25) is 0 Å². The van der Waals surface area contributed by atoms with Crippen LogP contribution in [0.25, 0.3) is 0 Å². The molecule has 1 saturated carbocycles. The first kappa shape index (κ1) is 11.5. The Labute approximate surface area is 95.6 Å². The minimum absolute atomic E-state index is 0.300. The van der Waals surface area contributed by atoms with Gasteiger partial charge in [-0.1, -0.05) is 5.16 Å². The molecule has 1 aliphatic carbocycles. The molecule has 90 valence electrons. The molecule has 0 aliphatic heterocycles. The van der Waals surface area contributed by atoms with E-state index >= 15 is 0 Å². The van der Waals surface area contributed by atoms with Gasteiger partial charge in [0.25, 0.3) is 0 Å². The highest BCUT2D eigenvalue weighted by molar-refractivity contribution is 5.09. The molecular formula is C11H19N3O2. The second-order valence-corrected chi connectivity index (χ2v) is 4.85. The number of nitrogens with one attached hydrogen (secondary N) is 1. The Bertz CT molecular complexity index is 364. The number of nitrogens with zero attached hydrogens (tertiary/aromatic N) is 2. The van der Waals surface area contributed by atoms with Gasteiger partial charge in [0, 0.05) is 7.11 Å².